The first kappa shape index (κ1) is 21.1. The molecule has 0 N–H and O–H groups in total. The lowest BCUT2D eigenvalue weighted by molar-refractivity contribution is -0.145. The molecule has 0 radical (unpaired) electrons. The third-order valence-corrected chi connectivity index (χ3v) is 6.92. The number of likely N-dealkylation sites (tertiary alicyclic amines) is 1. The number of methoxy groups -OCH3 is 1. The van der Waals surface area contributed by atoms with E-state index in [9.17, 15) is 22.4 Å². The van der Waals surface area contributed by atoms with Crippen molar-refractivity contribution in [3.8, 4) is 0 Å². The third kappa shape index (κ3) is 4.23. The highest BCUT2D eigenvalue weighted by atomic mass is 32.2. The average molecular weight is 401 g/mol. The normalized spacial score (nSPS) is 17.3. The molecule has 2 rings (SSSR count). The van der Waals surface area contributed by atoms with E-state index in [1.165, 1.54) is 4.90 Å². The zero-order valence-electron chi connectivity index (χ0n) is 15.8. The van der Waals surface area contributed by atoms with E-state index >= 15 is 0 Å². The van der Waals surface area contributed by atoms with E-state index in [1.807, 2.05) is 0 Å². The van der Waals surface area contributed by atoms with Crippen LogP contribution in [0.15, 0.2) is 29.2 Å². The monoisotopic (exact) mass is 401 g/mol. The molecule has 0 aromatic heterocycles. The molecule has 0 saturated carbocycles. The fourth-order valence-corrected chi connectivity index (χ4v) is 4.95. The predicted octanol–water partition coefficient (Wildman–Crippen LogP) is 2.54. The first-order valence-corrected chi connectivity index (χ1v) is 9.98. The van der Waals surface area contributed by atoms with Crippen LogP contribution in [0.2, 0.25) is 0 Å². The van der Waals surface area contributed by atoms with Crippen molar-refractivity contribution >= 4 is 21.9 Å². The molecule has 27 heavy (non-hydrogen) atoms. The summed E-state index contributed by atoms with van der Waals surface area (Å²) < 4.78 is 47.7. The number of hydrogen-bond acceptors (Lipinski definition) is 6. The van der Waals surface area contributed by atoms with Gasteiger partial charge in [-0.15, -0.1) is 0 Å². The molecule has 1 aliphatic rings. The number of halogens is 1. The number of esters is 1. The van der Waals surface area contributed by atoms with Gasteiger partial charge in [-0.3, -0.25) is 4.79 Å². The summed E-state index contributed by atoms with van der Waals surface area (Å²) in [6.07, 6.45) is -0.850. The molecule has 7 nitrogen and oxygen atoms in total. The predicted molar refractivity (Wildman–Crippen MR) is 95.4 cm³/mol. The summed E-state index contributed by atoms with van der Waals surface area (Å²) in [6, 6.07) is 4.28. The topological polar surface area (TPSA) is 90.0 Å². The number of carbonyl (C=O) groups excluding carboxylic acids is 2. The van der Waals surface area contributed by atoms with Crippen LogP contribution in [0, 0.1) is 5.82 Å². The van der Waals surface area contributed by atoms with E-state index < -0.39 is 38.1 Å². The quantitative estimate of drug-likeness (QED) is 0.571. The van der Waals surface area contributed by atoms with Crippen LogP contribution in [0.25, 0.3) is 0 Å². The number of hydrogen-bond donors (Lipinski definition) is 0. The van der Waals surface area contributed by atoms with Crippen molar-refractivity contribution < 1.29 is 31.9 Å². The Morgan fingerprint density at radius 2 is 1.63 bits per heavy atom. The Balaban J connectivity index is 2.31. The highest BCUT2D eigenvalue weighted by Gasteiger charge is 2.54. The van der Waals surface area contributed by atoms with Crippen molar-refractivity contribution in [1.29, 1.82) is 0 Å². The van der Waals surface area contributed by atoms with Crippen molar-refractivity contribution in [2.24, 2.45) is 0 Å². The van der Waals surface area contributed by atoms with Gasteiger partial charge in [-0.1, -0.05) is 0 Å². The van der Waals surface area contributed by atoms with Gasteiger partial charge in [0, 0.05) is 13.1 Å². The summed E-state index contributed by atoms with van der Waals surface area (Å²) in [5.74, 6) is -1.48. The van der Waals surface area contributed by atoms with Gasteiger partial charge >= 0.3 is 12.1 Å². The maximum Gasteiger partial charge on any atom is 0.410 e. The summed E-state index contributed by atoms with van der Waals surface area (Å²) in [7, 11) is -3.04. The molecule has 0 spiro atoms. The first-order chi connectivity index (χ1) is 12.4. The van der Waals surface area contributed by atoms with Crippen LogP contribution in [-0.2, 0) is 24.1 Å². The van der Waals surface area contributed by atoms with Gasteiger partial charge in [-0.25, -0.2) is 17.6 Å². The van der Waals surface area contributed by atoms with Crippen molar-refractivity contribution in [3.05, 3.63) is 30.1 Å². The van der Waals surface area contributed by atoms with E-state index in [1.54, 1.807) is 20.8 Å². The average Bonchev–Trinajstić information content (AvgIpc) is 2.59. The second kappa shape index (κ2) is 7.46. The van der Waals surface area contributed by atoms with E-state index in [-0.39, 0.29) is 30.8 Å². The van der Waals surface area contributed by atoms with E-state index in [0.717, 1.165) is 31.4 Å². The lowest BCUT2D eigenvalue weighted by atomic mass is 9.96. The zero-order valence-corrected chi connectivity index (χ0v) is 16.6. The van der Waals surface area contributed by atoms with E-state index in [4.69, 9.17) is 9.47 Å². The fraction of sp³-hybridized carbons (Fsp3) is 0.556. The number of benzene rings is 1. The molecule has 1 aromatic carbocycles. The van der Waals surface area contributed by atoms with Gasteiger partial charge < -0.3 is 14.4 Å². The Morgan fingerprint density at radius 3 is 2.07 bits per heavy atom. The summed E-state index contributed by atoms with van der Waals surface area (Å²) in [5, 5.41) is 0. The van der Waals surface area contributed by atoms with Gasteiger partial charge in [0.25, 0.3) is 0 Å². The van der Waals surface area contributed by atoms with Crippen LogP contribution in [0.1, 0.15) is 33.6 Å². The molecule has 0 aliphatic carbocycles. The molecule has 1 amide bonds. The number of rotatable bonds is 3. The lowest BCUT2D eigenvalue weighted by Crippen LogP contribution is -2.56. The van der Waals surface area contributed by atoms with Crippen LogP contribution < -0.4 is 0 Å². The Labute approximate surface area is 158 Å². The molecule has 1 aliphatic heterocycles. The second-order valence-corrected chi connectivity index (χ2v) is 9.67. The van der Waals surface area contributed by atoms with Crippen LogP contribution in [-0.4, -0.2) is 55.9 Å². The Morgan fingerprint density at radius 1 is 1.11 bits per heavy atom. The molecule has 0 atom stereocenters. The fourth-order valence-electron chi connectivity index (χ4n) is 2.98. The minimum Gasteiger partial charge on any atom is -0.468 e. The Hall–Kier alpha value is -2.16. The number of piperidine rings is 1. The molecule has 1 aromatic rings. The van der Waals surface area contributed by atoms with Gasteiger partial charge in [0.1, 0.15) is 11.4 Å². The maximum absolute atomic E-state index is 13.2. The number of nitrogens with zero attached hydrogens (tertiary/aromatic N) is 1. The van der Waals surface area contributed by atoms with Crippen molar-refractivity contribution in [1.82, 2.24) is 4.90 Å². The third-order valence-electron chi connectivity index (χ3n) is 4.42. The highest BCUT2D eigenvalue weighted by Crippen LogP contribution is 2.37. The smallest absolute Gasteiger partial charge is 0.410 e. The first-order valence-electron chi connectivity index (χ1n) is 8.49. The number of amides is 1. The van der Waals surface area contributed by atoms with Gasteiger partial charge in [-0.2, -0.15) is 0 Å². The minimum absolute atomic E-state index is 0.0183. The zero-order chi connectivity index (χ0) is 20.5. The number of ether oxygens (including phenoxy) is 2. The van der Waals surface area contributed by atoms with Gasteiger partial charge in [0.05, 0.1) is 12.0 Å². The molecule has 1 fully saturated rings. The van der Waals surface area contributed by atoms with Crippen LogP contribution in [0.4, 0.5) is 9.18 Å². The van der Waals surface area contributed by atoms with Crippen LogP contribution in [0.5, 0.6) is 0 Å². The molecular weight excluding hydrogens is 377 g/mol. The second-order valence-electron chi connectivity index (χ2n) is 7.41. The molecular formula is C18H24FNO6S. The van der Waals surface area contributed by atoms with Crippen LogP contribution in [0.3, 0.4) is 0 Å². The molecule has 0 unspecified atom stereocenters. The Bertz CT molecular complexity index is 805. The molecule has 1 heterocycles. The minimum atomic E-state index is -4.16. The van der Waals surface area contributed by atoms with Crippen molar-refractivity contribution in [2.75, 3.05) is 20.2 Å². The SMILES string of the molecule is COC(=O)C1(S(=O)(=O)c2ccc(F)cc2)CCN(C(=O)OC(C)(C)C)CC1. The van der Waals surface area contributed by atoms with E-state index in [2.05, 4.69) is 0 Å². The van der Waals surface area contributed by atoms with Gasteiger partial charge in [0.2, 0.25) is 0 Å². The van der Waals surface area contributed by atoms with E-state index in [0.29, 0.717) is 0 Å². The maximum atomic E-state index is 13.2. The van der Waals surface area contributed by atoms with Crippen molar-refractivity contribution in [2.45, 2.75) is 48.9 Å². The Kier molecular flexibility index (Phi) is 5.84. The van der Waals surface area contributed by atoms with Crippen LogP contribution >= 0.6 is 0 Å². The standard InChI is InChI=1S/C18H24FNO6S/c1-17(2,3)26-16(22)20-11-9-18(10-12-20,15(21)25-4)27(23,24)14-7-5-13(19)6-8-14/h5-8H,9-12H2,1-4H3. The number of carbonyl (C=O) groups is 2. The molecule has 0 bridgehead atoms. The summed E-state index contributed by atoms with van der Waals surface area (Å²) >= 11 is 0. The molecule has 150 valence electrons. The van der Waals surface area contributed by atoms with Gasteiger partial charge in [-0.05, 0) is 57.9 Å². The molecule has 1 saturated heterocycles. The summed E-state index contributed by atoms with van der Waals surface area (Å²) in [5.41, 5.74) is -0.686. The largest absolute Gasteiger partial charge is 0.468 e. The van der Waals surface area contributed by atoms with Gasteiger partial charge in [0.15, 0.2) is 14.6 Å². The number of sulfone groups is 1. The summed E-state index contributed by atoms with van der Waals surface area (Å²) in [6.45, 7) is 5.22. The summed E-state index contributed by atoms with van der Waals surface area (Å²) in [4.78, 5) is 25.9. The molecule has 9 heteroatoms. The lowest BCUT2D eigenvalue weighted by Gasteiger charge is -2.39. The highest BCUT2D eigenvalue weighted by molar-refractivity contribution is 7.93. The van der Waals surface area contributed by atoms with Crippen molar-refractivity contribution in [3.63, 3.8) is 0 Å².